The maximum Gasteiger partial charge on any atom is 1.00 e. The number of tetrazole rings is 1. The molecule has 1 heterocycles. The van der Waals surface area contributed by atoms with Crippen molar-refractivity contribution in [3.05, 3.63) is 53.6 Å². The molecule has 0 radical (unpaired) electrons. The van der Waals surface area contributed by atoms with Crippen molar-refractivity contribution in [3.8, 4) is 17.2 Å². The number of rotatable bonds is 5. The minimum absolute atomic E-state index is 0. The first-order valence-corrected chi connectivity index (χ1v) is 8.04. The van der Waals surface area contributed by atoms with Gasteiger partial charge >= 0.3 is 29.6 Å². The molecular formula is C16H13N4NaO3S. The van der Waals surface area contributed by atoms with E-state index < -0.39 is 11.5 Å². The van der Waals surface area contributed by atoms with Crippen LogP contribution < -0.4 is 34.7 Å². The van der Waals surface area contributed by atoms with Crippen LogP contribution in [0.1, 0.15) is 15.9 Å². The van der Waals surface area contributed by atoms with Gasteiger partial charge in [-0.05, 0) is 35.5 Å². The summed E-state index contributed by atoms with van der Waals surface area (Å²) in [5.41, 5.74) is 2.20. The average Bonchev–Trinajstić information content (AvgIpc) is 3.04. The van der Waals surface area contributed by atoms with E-state index in [2.05, 4.69) is 15.5 Å². The normalized spacial score (nSPS) is 10.3. The van der Waals surface area contributed by atoms with Crippen LogP contribution in [0, 0.1) is 6.92 Å². The van der Waals surface area contributed by atoms with Gasteiger partial charge in [0.05, 0.1) is 11.4 Å². The Kier molecular flexibility index (Phi) is 6.60. The molecule has 0 saturated heterocycles. The molecule has 25 heavy (non-hydrogen) atoms. The third-order valence-corrected chi connectivity index (χ3v) is 4.25. The summed E-state index contributed by atoms with van der Waals surface area (Å²) in [5.74, 6) is -1.09. The number of aromatic hydroxyl groups is 1. The van der Waals surface area contributed by atoms with Crippen LogP contribution in [-0.4, -0.2) is 36.8 Å². The van der Waals surface area contributed by atoms with E-state index in [1.165, 1.54) is 30.0 Å². The molecule has 0 bridgehead atoms. The van der Waals surface area contributed by atoms with Crippen LogP contribution in [0.4, 0.5) is 0 Å². The Hall–Kier alpha value is -1.87. The van der Waals surface area contributed by atoms with Crippen molar-refractivity contribution in [3.63, 3.8) is 0 Å². The standard InChI is InChI=1S/C16H14N4O3S.Na/c1-10-2-5-12(6-3-10)20-16(17-18-19-20)24-9-15(23)11-4-7-13(21)14(22)8-11;/h2-8,21-22H,9H2,1H3;/q;+1/p-1. The molecule has 122 valence electrons. The first-order valence-electron chi connectivity index (χ1n) is 7.06. The molecule has 0 atom stereocenters. The summed E-state index contributed by atoms with van der Waals surface area (Å²) in [6.45, 7) is 1.99. The number of carbonyl (C=O) groups excluding carboxylic acids is 1. The van der Waals surface area contributed by atoms with E-state index in [1.54, 1.807) is 4.68 Å². The summed E-state index contributed by atoms with van der Waals surface area (Å²) >= 11 is 1.18. The fraction of sp³-hybridized carbons (Fsp3) is 0.125. The van der Waals surface area contributed by atoms with Gasteiger partial charge in [0.15, 0.2) is 5.78 Å². The number of benzene rings is 2. The van der Waals surface area contributed by atoms with Gasteiger partial charge in [-0.25, -0.2) is 0 Å². The second-order valence-corrected chi connectivity index (χ2v) is 6.05. The third kappa shape index (κ3) is 4.60. The number of carbonyl (C=O) groups is 1. The van der Waals surface area contributed by atoms with Crippen LogP contribution in [0.5, 0.6) is 11.5 Å². The van der Waals surface area contributed by atoms with Crippen LogP contribution in [0.3, 0.4) is 0 Å². The van der Waals surface area contributed by atoms with Gasteiger partial charge in [-0.3, -0.25) is 4.79 Å². The van der Waals surface area contributed by atoms with Gasteiger partial charge in [-0.15, -0.1) is 5.10 Å². The fourth-order valence-corrected chi connectivity index (χ4v) is 2.81. The second kappa shape index (κ2) is 8.48. The Bertz CT molecular complexity index is 883. The van der Waals surface area contributed by atoms with Crippen molar-refractivity contribution in [2.24, 2.45) is 0 Å². The molecule has 0 spiro atoms. The molecule has 0 fully saturated rings. The number of phenolic OH excluding ortho intramolecular Hbond substituents is 1. The van der Waals surface area contributed by atoms with Crippen LogP contribution >= 0.6 is 11.8 Å². The summed E-state index contributed by atoms with van der Waals surface area (Å²) in [5, 5.41) is 32.6. The largest absolute Gasteiger partial charge is 1.00 e. The second-order valence-electron chi connectivity index (χ2n) is 5.10. The minimum Gasteiger partial charge on any atom is -0.870 e. The van der Waals surface area contributed by atoms with Crippen molar-refractivity contribution in [1.82, 2.24) is 20.2 Å². The molecular weight excluding hydrogens is 351 g/mol. The Morgan fingerprint density at radius 1 is 1.24 bits per heavy atom. The van der Waals surface area contributed by atoms with Gasteiger partial charge in [0.25, 0.3) is 0 Å². The number of Topliss-reactive ketones (excluding diaryl/α,β-unsaturated/α-hetero) is 1. The number of hydrogen-bond donors (Lipinski definition) is 1. The number of nitrogens with zero attached hydrogens (tertiary/aromatic N) is 4. The zero-order valence-corrected chi connectivity index (χ0v) is 16.5. The quantitative estimate of drug-likeness (QED) is 0.342. The van der Waals surface area contributed by atoms with E-state index in [1.807, 2.05) is 31.2 Å². The summed E-state index contributed by atoms with van der Waals surface area (Å²) < 4.78 is 1.55. The Morgan fingerprint density at radius 2 is 1.96 bits per heavy atom. The first-order chi connectivity index (χ1) is 11.5. The summed E-state index contributed by atoms with van der Waals surface area (Å²) in [6, 6.07) is 11.4. The van der Waals surface area contributed by atoms with E-state index in [9.17, 15) is 15.0 Å². The molecule has 2 aromatic carbocycles. The van der Waals surface area contributed by atoms with Crippen LogP contribution in [0.25, 0.3) is 5.69 Å². The third-order valence-electron chi connectivity index (χ3n) is 3.33. The summed E-state index contributed by atoms with van der Waals surface area (Å²) in [4.78, 5) is 12.2. The minimum atomic E-state index is -0.512. The van der Waals surface area contributed by atoms with Gasteiger partial charge in [0.2, 0.25) is 5.16 Å². The molecule has 0 amide bonds. The van der Waals surface area contributed by atoms with Crippen molar-refractivity contribution in [2.45, 2.75) is 12.1 Å². The number of aromatic nitrogens is 4. The number of aryl methyl sites for hydroxylation is 1. The van der Waals surface area contributed by atoms with Crippen molar-refractivity contribution in [2.75, 3.05) is 5.75 Å². The molecule has 9 heteroatoms. The SMILES string of the molecule is Cc1ccc(-n2nnnc2SCC(=O)c2ccc([O-])c(O)c2)cc1.[Na+]. The van der Waals surface area contributed by atoms with Crippen molar-refractivity contribution in [1.29, 1.82) is 0 Å². The number of thioether (sulfide) groups is 1. The van der Waals surface area contributed by atoms with Gasteiger partial charge < -0.3 is 10.2 Å². The topological polar surface area (TPSA) is 104 Å². The maximum atomic E-state index is 12.2. The monoisotopic (exact) mass is 364 g/mol. The molecule has 3 aromatic rings. The molecule has 3 rings (SSSR count). The summed E-state index contributed by atoms with van der Waals surface area (Å²) in [7, 11) is 0. The van der Waals surface area contributed by atoms with Crippen molar-refractivity contribution >= 4 is 17.5 Å². The van der Waals surface area contributed by atoms with Gasteiger partial charge in [0, 0.05) is 5.56 Å². The van der Waals surface area contributed by atoms with Crippen LogP contribution in [0.15, 0.2) is 47.6 Å². The van der Waals surface area contributed by atoms with Crippen LogP contribution in [0.2, 0.25) is 0 Å². The van der Waals surface area contributed by atoms with E-state index in [0.29, 0.717) is 5.16 Å². The molecule has 1 N–H and O–H groups in total. The summed E-state index contributed by atoms with van der Waals surface area (Å²) in [6.07, 6.45) is 0. The zero-order chi connectivity index (χ0) is 17.1. The molecule has 0 saturated carbocycles. The smallest absolute Gasteiger partial charge is 0.870 e. The maximum absolute atomic E-state index is 12.2. The predicted molar refractivity (Wildman–Crippen MR) is 86.5 cm³/mol. The zero-order valence-electron chi connectivity index (χ0n) is 13.7. The average molecular weight is 364 g/mol. The van der Waals surface area contributed by atoms with Gasteiger partial charge in [0.1, 0.15) is 5.75 Å². The molecule has 7 nitrogen and oxygen atoms in total. The molecule has 0 aliphatic rings. The van der Waals surface area contributed by atoms with Crippen LogP contribution in [-0.2, 0) is 0 Å². The van der Waals surface area contributed by atoms with E-state index in [0.717, 1.165) is 11.3 Å². The van der Waals surface area contributed by atoms with E-state index >= 15 is 0 Å². The molecule has 1 aromatic heterocycles. The molecule has 0 aliphatic carbocycles. The Balaban J connectivity index is 0.00000225. The Morgan fingerprint density at radius 3 is 2.64 bits per heavy atom. The first kappa shape index (κ1) is 19.5. The van der Waals surface area contributed by atoms with Gasteiger partial charge in [-0.2, -0.15) is 4.68 Å². The van der Waals surface area contributed by atoms with E-state index in [4.69, 9.17) is 0 Å². The number of hydrogen-bond acceptors (Lipinski definition) is 7. The van der Waals surface area contributed by atoms with E-state index in [-0.39, 0.29) is 46.7 Å². The number of ketones is 1. The predicted octanol–water partition coefficient (Wildman–Crippen LogP) is -1.27. The Labute approximate surface area is 170 Å². The molecule has 0 aliphatic heterocycles. The number of phenols is 1. The van der Waals surface area contributed by atoms with Gasteiger partial charge in [-0.1, -0.05) is 47.3 Å². The molecule has 0 unspecified atom stereocenters. The fourth-order valence-electron chi connectivity index (χ4n) is 2.02. The van der Waals surface area contributed by atoms with Crippen molar-refractivity contribution < 1.29 is 44.6 Å².